The predicted octanol–water partition coefficient (Wildman–Crippen LogP) is 2.88. The van der Waals surface area contributed by atoms with Gasteiger partial charge in [0, 0.05) is 19.2 Å². The van der Waals surface area contributed by atoms with E-state index in [4.69, 9.17) is 9.47 Å². The molecule has 0 radical (unpaired) electrons. The van der Waals surface area contributed by atoms with Crippen molar-refractivity contribution < 1.29 is 19.1 Å². The molecule has 0 atom stereocenters. The Hall–Kier alpha value is -2.77. The average molecular weight is 370 g/mol. The second-order valence-corrected chi connectivity index (χ2v) is 6.50. The average Bonchev–Trinajstić information content (AvgIpc) is 3.02. The van der Waals surface area contributed by atoms with Crippen molar-refractivity contribution in [1.82, 2.24) is 4.57 Å². The quantitative estimate of drug-likeness (QED) is 0.648. The zero-order valence-corrected chi connectivity index (χ0v) is 15.3. The van der Waals surface area contributed by atoms with Crippen LogP contribution in [0.4, 0.5) is 0 Å². The van der Waals surface area contributed by atoms with Crippen LogP contribution in [-0.2, 0) is 16.0 Å². The smallest absolute Gasteiger partial charge is 0.337 e. The summed E-state index contributed by atoms with van der Waals surface area (Å²) in [6.07, 6.45) is 0. The Kier molecular flexibility index (Phi) is 5.60. The third-order valence-corrected chi connectivity index (χ3v) is 4.88. The molecule has 0 spiro atoms. The molecule has 0 aliphatic heterocycles. The van der Waals surface area contributed by atoms with Crippen LogP contribution in [0, 0.1) is 0 Å². The lowest BCUT2D eigenvalue weighted by atomic mass is 10.2. The van der Waals surface area contributed by atoms with Gasteiger partial charge in [-0.05, 0) is 30.3 Å². The van der Waals surface area contributed by atoms with E-state index >= 15 is 0 Å². The number of nitrogens with zero attached hydrogens (tertiary/aromatic N) is 2. The van der Waals surface area contributed by atoms with Crippen molar-refractivity contribution in [3.8, 4) is 0 Å². The van der Waals surface area contributed by atoms with Crippen molar-refractivity contribution in [2.24, 2.45) is 4.99 Å². The van der Waals surface area contributed by atoms with Crippen LogP contribution in [0.3, 0.4) is 0 Å². The van der Waals surface area contributed by atoms with Gasteiger partial charge in [-0.1, -0.05) is 29.5 Å². The summed E-state index contributed by atoms with van der Waals surface area (Å²) in [6, 6.07) is 14.2. The number of ether oxygens (including phenoxy) is 2. The molecule has 0 aliphatic rings. The first-order valence-corrected chi connectivity index (χ1v) is 8.80. The molecule has 6 nitrogen and oxygen atoms in total. The highest BCUT2D eigenvalue weighted by atomic mass is 32.1. The molecule has 0 saturated carbocycles. The number of thiazole rings is 1. The van der Waals surface area contributed by atoms with E-state index in [9.17, 15) is 9.59 Å². The van der Waals surface area contributed by atoms with Crippen LogP contribution >= 0.6 is 11.3 Å². The van der Waals surface area contributed by atoms with Gasteiger partial charge in [-0.15, -0.1) is 0 Å². The van der Waals surface area contributed by atoms with Crippen LogP contribution in [0.1, 0.15) is 20.7 Å². The summed E-state index contributed by atoms with van der Waals surface area (Å²) in [5.41, 5.74) is 1.87. The molecule has 134 valence electrons. The Morgan fingerprint density at radius 2 is 1.85 bits per heavy atom. The third kappa shape index (κ3) is 3.74. The highest BCUT2D eigenvalue weighted by molar-refractivity contribution is 7.16. The fraction of sp³-hybridized carbons (Fsp3) is 0.211. The van der Waals surface area contributed by atoms with Crippen molar-refractivity contribution >= 4 is 33.4 Å². The monoisotopic (exact) mass is 370 g/mol. The first-order valence-electron chi connectivity index (χ1n) is 7.99. The van der Waals surface area contributed by atoms with Crippen molar-refractivity contribution in [2.45, 2.75) is 6.54 Å². The summed E-state index contributed by atoms with van der Waals surface area (Å²) >= 11 is 1.35. The molecule has 0 unspecified atom stereocenters. The third-order valence-electron chi connectivity index (χ3n) is 3.84. The van der Waals surface area contributed by atoms with Gasteiger partial charge in [0.15, 0.2) is 4.80 Å². The van der Waals surface area contributed by atoms with Gasteiger partial charge in [-0.2, -0.15) is 4.99 Å². The Balaban J connectivity index is 2.11. The molecular weight excluding hydrogens is 352 g/mol. The van der Waals surface area contributed by atoms with Crippen LogP contribution in [0.2, 0.25) is 0 Å². The Morgan fingerprint density at radius 3 is 2.54 bits per heavy atom. The van der Waals surface area contributed by atoms with Crippen molar-refractivity contribution in [1.29, 1.82) is 0 Å². The van der Waals surface area contributed by atoms with E-state index in [0.717, 1.165) is 10.2 Å². The second-order valence-electron chi connectivity index (χ2n) is 5.49. The van der Waals surface area contributed by atoms with Gasteiger partial charge in [0.05, 0.1) is 29.5 Å². The molecule has 0 fully saturated rings. The van der Waals surface area contributed by atoms with Crippen molar-refractivity contribution in [3.63, 3.8) is 0 Å². The lowest BCUT2D eigenvalue weighted by Crippen LogP contribution is -2.19. The van der Waals surface area contributed by atoms with Gasteiger partial charge in [0.2, 0.25) is 0 Å². The van der Waals surface area contributed by atoms with E-state index in [0.29, 0.717) is 29.1 Å². The van der Waals surface area contributed by atoms with Crippen LogP contribution < -0.4 is 4.80 Å². The molecule has 1 heterocycles. The zero-order chi connectivity index (χ0) is 18.5. The number of esters is 1. The Bertz CT molecular complexity index is 1010. The first kappa shape index (κ1) is 18.0. The summed E-state index contributed by atoms with van der Waals surface area (Å²) < 4.78 is 12.7. The van der Waals surface area contributed by atoms with Crippen LogP contribution in [0.25, 0.3) is 10.2 Å². The molecule has 0 saturated heterocycles. The first-order chi connectivity index (χ1) is 12.6. The number of methoxy groups -OCH3 is 2. The number of aromatic nitrogens is 1. The maximum absolute atomic E-state index is 12.5. The van der Waals surface area contributed by atoms with Crippen LogP contribution in [0.15, 0.2) is 53.5 Å². The Morgan fingerprint density at radius 1 is 1.08 bits per heavy atom. The molecule has 0 aliphatic carbocycles. The van der Waals surface area contributed by atoms with Crippen LogP contribution in [-0.4, -0.2) is 37.3 Å². The maximum Gasteiger partial charge on any atom is 0.337 e. The molecule has 0 bridgehead atoms. The lowest BCUT2D eigenvalue weighted by Gasteiger charge is -2.05. The van der Waals surface area contributed by atoms with Crippen molar-refractivity contribution in [3.05, 3.63) is 64.5 Å². The molecule has 0 N–H and O–H groups in total. The minimum Gasteiger partial charge on any atom is -0.465 e. The largest absolute Gasteiger partial charge is 0.465 e. The molecule has 3 aromatic rings. The number of carbonyl (C=O) groups excluding carboxylic acids is 2. The summed E-state index contributed by atoms with van der Waals surface area (Å²) in [5.74, 6) is -0.709. The number of benzene rings is 2. The summed E-state index contributed by atoms with van der Waals surface area (Å²) in [7, 11) is 2.97. The second kappa shape index (κ2) is 8.07. The normalized spacial score (nSPS) is 11.7. The molecule has 2 aromatic carbocycles. The predicted molar refractivity (Wildman–Crippen MR) is 99.4 cm³/mol. The SMILES string of the molecule is COCCn1c(=NC(=O)c2ccccc2)sc2cc(C(=O)OC)ccc21. The van der Waals surface area contributed by atoms with Gasteiger partial charge in [0.25, 0.3) is 5.91 Å². The minimum atomic E-state index is -0.400. The fourth-order valence-electron chi connectivity index (χ4n) is 2.53. The Labute approximate surface area is 154 Å². The number of hydrogen-bond acceptors (Lipinski definition) is 5. The lowest BCUT2D eigenvalue weighted by molar-refractivity contribution is 0.0601. The van der Waals surface area contributed by atoms with Gasteiger partial charge < -0.3 is 14.0 Å². The van der Waals surface area contributed by atoms with E-state index in [1.54, 1.807) is 43.5 Å². The highest BCUT2D eigenvalue weighted by Crippen LogP contribution is 2.20. The van der Waals surface area contributed by atoms with Crippen molar-refractivity contribution in [2.75, 3.05) is 20.8 Å². The fourth-order valence-corrected chi connectivity index (χ4v) is 3.63. The highest BCUT2D eigenvalue weighted by Gasteiger charge is 2.12. The standard InChI is InChI=1S/C19H18N2O4S/c1-24-11-10-21-15-9-8-14(18(23)25-2)12-16(15)26-19(21)20-17(22)13-6-4-3-5-7-13/h3-9,12H,10-11H2,1-2H3. The maximum atomic E-state index is 12.5. The number of rotatable bonds is 5. The van der Waals surface area contributed by atoms with E-state index < -0.39 is 5.97 Å². The summed E-state index contributed by atoms with van der Waals surface area (Å²) in [6.45, 7) is 1.03. The molecule has 1 aromatic heterocycles. The van der Waals surface area contributed by atoms with E-state index in [2.05, 4.69) is 4.99 Å². The van der Waals surface area contributed by atoms with E-state index in [1.807, 2.05) is 16.7 Å². The number of amides is 1. The zero-order valence-electron chi connectivity index (χ0n) is 14.5. The molecular formula is C19H18N2O4S. The summed E-state index contributed by atoms with van der Waals surface area (Å²) in [4.78, 5) is 29.1. The van der Waals surface area contributed by atoms with Crippen LogP contribution in [0.5, 0.6) is 0 Å². The van der Waals surface area contributed by atoms with E-state index in [-0.39, 0.29) is 5.91 Å². The minimum absolute atomic E-state index is 0.309. The number of hydrogen-bond donors (Lipinski definition) is 0. The van der Waals surface area contributed by atoms with Gasteiger partial charge in [0.1, 0.15) is 0 Å². The topological polar surface area (TPSA) is 69.9 Å². The van der Waals surface area contributed by atoms with Gasteiger partial charge in [-0.25, -0.2) is 4.79 Å². The van der Waals surface area contributed by atoms with E-state index in [1.165, 1.54) is 18.4 Å². The molecule has 7 heteroatoms. The molecule has 26 heavy (non-hydrogen) atoms. The molecule has 3 rings (SSSR count). The van der Waals surface area contributed by atoms with Gasteiger partial charge in [-0.3, -0.25) is 4.79 Å². The number of fused-ring (bicyclic) bond motifs is 1. The molecule has 1 amide bonds. The number of carbonyl (C=O) groups is 2. The summed E-state index contributed by atoms with van der Waals surface area (Å²) in [5, 5.41) is 0. The van der Waals surface area contributed by atoms with Gasteiger partial charge >= 0.3 is 5.97 Å².